The number of hydrogen-bond acceptors (Lipinski definition) is 4. The lowest BCUT2D eigenvalue weighted by atomic mass is 9.86. The Morgan fingerprint density at radius 1 is 1.15 bits per heavy atom. The van der Waals surface area contributed by atoms with Gasteiger partial charge in [-0.2, -0.15) is 0 Å². The van der Waals surface area contributed by atoms with Crippen LogP contribution in [0.15, 0.2) is 53.0 Å². The van der Waals surface area contributed by atoms with Crippen molar-refractivity contribution in [1.82, 2.24) is 14.8 Å². The molecule has 1 saturated heterocycles. The molecule has 6 rings (SSSR count). The zero-order valence-electron chi connectivity index (χ0n) is 19.3. The van der Waals surface area contributed by atoms with Gasteiger partial charge in [-0.15, -0.1) is 0 Å². The van der Waals surface area contributed by atoms with Gasteiger partial charge in [-0.05, 0) is 49.1 Å². The standard InChI is InChI=1S/C27H32N4O2/c1-30-9-11-31(12-10-30)27(32)20-6-2-5-19(14-20)21-15-23-24(17-29-26(23)28-16-21)22-7-3-4-18-8-13-33-25(18)22/h2,5-7,15,17,20,28-29H,3-4,8-14,16H2,1H3. The first-order chi connectivity index (χ1) is 16.2. The van der Waals surface area contributed by atoms with Crippen molar-refractivity contribution in [1.29, 1.82) is 0 Å². The number of aromatic amines is 1. The van der Waals surface area contributed by atoms with E-state index in [-0.39, 0.29) is 11.8 Å². The predicted molar refractivity (Wildman–Crippen MR) is 131 cm³/mol. The zero-order valence-corrected chi connectivity index (χ0v) is 19.3. The molecular formula is C27H32N4O2. The SMILES string of the molecule is CN1CCN(C(=O)C2C=CC=C(C3=Cc4c(C5=CCCC6=C5OCC6)c[nH]c4NC3)C2)CC1. The molecule has 0 spiro atoms. The number of nitrogens with zero attached hydrogens (tertiary/aromatic N) is 2. The molecule has 2 N–H and O–H groups in total. The van der Waals surface area contributed by atoms with Gasteiger partial charge in [0.25, 0.3) is 0 Å². The van der Waals surface area contributed by atoms with E-state index in [1.807, 2.05) is 4.90 Å². The molecular weight excluding hydrogens is 412 g/mol. The monoisotopic (exact) mass is 444 g/mol. The second-order valence-corrected chi connectivity index (χ2v) is 9.72. The molecule has 1 unspecified atom stereocenters. The van der Waals surface area contributed by atoms with Crippen LogP contribution < -0.4 is 5.32 Å². The van der Waals surface area contributed by atoms with E-state index in [2.05, 4.69) is 58.8 Å². The number of anilines is 1. The molecule has 172 valence electrons. The number of carbonyl (C=O) groups is 1. The second kappa shape index (κ2) is 8.41. The van der Waals surface area contributed by atoms with Gasteiger partial charge in [0.2, 0.25) is 5.91 Å². The van der Waals surface area contributed by atoms with E-state index < -0.39 is 0 Å². The van der Waals surface area contributed by atoms with Gasteiger partial charge < -0.3 is 24.8 Å². The Kier molecular flexibility index (Phi) is 5.25. The number of allylic oxidation sites excluding steroid dienone is 4. The highest BCUT2D eigenvalue weighted by Gasteiger charge is 2.30. The lowest BCUT2D eigenvalue weighted by Crippen LogP contribution is -2.49. The zero-order chi connectivity index (χ0) is 22.4. The topological polar surface area (TPSA) is 60.6 Å². The Balaban J connectivity index is 1.23. The van der Waals surface area contributed by atoms with Crippen molar-refractivity contribution in [3.63, 3.8) is 0 Å². The average molecular weight is 445 g/mol. The number of aromatic nitrogens is 1. The maximum atomic E-state index is 13.2. The van der Waals surface area contributed by atoms with Gasteiger partial charge in [-0.1, -0.05) is 24.3 Å². The van der Waals surface area contributed by atoms with Crippen LogP contribution in [0.4, 0.5) is 5.82 Å². The molecule has 0 aromatic carbocycles. The highest BCUT2D eigenvalue weighted by Crippen LogP contribution is 2.42. The lowest BCUT2D eigenvalue weighted by Gasteiger charge is -2.35. The molecule has 0 saturated carbocycles. The number of ether oxygens (including phenoxy) is 1. The smallest absolute Gasteiger partial charge is 0.229 e. The second-order valence-electron chi connectivity index (χ2n) is 9.72. The largest absolute Gasteiger partial charge is 0.493 e. The van der Waals surface area contributed by atoms with Crippen molar-refractivity contribution in [3.05, 3.63) is 64.1 Å². The summed E-state index contributed by atoms with van der Waals surface area (Å²) in [5.74, 6) is 2.36. The number of hydrogen-bond donors (Lipinski definition) is 2. The summed E-state index contributed by atoms with van der Waals surface area (Å²) in [5.41, 5.74) is 7.61. The number of carbonyl (C=O) groups excluding carboxylic acids is 1. The number of amides is 1. The highest BCUT2D eigenvalue weighted by atomic mass is 16.5. The summed E-state index contributed by atoms with van der Waals surface area (Å²) in [4.78, 5) is 20.9. The average Bonchev–Trinajstić information content (AvgIpc) is 3.51. The molecule has 1 aromatic rings. The van der Waals surface area contributed by atoms with E-state index >= 15 is 0 Å². The summed E-state index contributed by atoms with van der Waals surface area (Å²) >= 11 is 0. The lowest BCUT2D eigenvalue weighted by molar-refractivity contribution is -0.135. The fourth-order valence-corrected chi connectivity index (χ4v) is 5.63. The van der Waals surface area contributed by atoms with E-state index in [1.54, 1.807) is 0 Å². The van der Waals surface area contributed by atoms with Crippen LogP contribution in [0.3, 0.4) is 0 Å². The molecule has 33 heavy (non-hydrogen) atoms. The number of rotatable bonds is 3. The van der Waals surface area contributed by atoms with Crippen molar-refractivity contribution >= 4 is 23.4 Å². The number of nitrogens with one attached hydrogen (secondary N) is 2. The summed E-state index contributed by atoms with van der Waals surface area (Å²) in [6.07, 6.45) is 17.1. The Hall–Kier alpha value is -2.99. The van der Waals surface area contributed by atoms with Gasteiger partial charge in [0, 0.05) is 62.0 Å². The van der Waals surface area contributed by atoms with Crippen molar-refractivity contribution < 1.29 is 9.53 Å². The molecule has 1 amide bonds. The minimum Gasteiger partial charge on any atom is -0.493 e. The molecule has 5 aliphatic rings. The van der Waals surface area contributed by atoms with Gasteiger partial charge in [0.15, 0.2) is 0 Å². The third-order valence-corrected chi connectivity index (χ3v) is 7.62. The van der Waals surface area contributed by atoms with Gasteiger partial charge in [-0.3, -0.25) is 4.79 Å². The third-order valence-electron chi connectivity index (χ3n) is 7.62. The molecule has 0 radical (unpaired) electrons. The number of fused-ring (bicyclic) bond motifs is 1. The van der Waals surface area contributed by atoms with Crippen molar-refractivity contribution in [2.45, 2.75) is 25.7 Å². The van der Waals surface area contributed by atoms with Gasteiger partial charge >= 0.3 is 0 Å². The summed E-state index contributed by atoms with van der Waals surface area (Å²) in [6.45, 7) is 5.14. The Bertz CT molecular complexity index is 1120. The van der Waals surface area contributed by atoms with Crippen LogP contribution in [0, 0.1) is 5.92 Å². The normalized spacial score (nSPS) is 24.9. The van der Waals surface area contributed by atoms with Crippen LogP contribution in [0.2, 0.25) is 0 Å². The van der Waals surface area contributed by atoms with Crippen molar-refractivity contribution in [2.75, 3.05) is 51.7 Å². The van der Waals surface area contributed by atoms with E-state index in [1.165, 1.54) is 33.4 Å². The van der Waals surface area contributed by atoms with Crippen LogP contribution in [0.5, 0.6) is 0 Å². The fourth-order valence-electron chi connectivity index (χ4n) is 5.63. The predicted octanol–water partition coefficient (Wildman–Crippen LogP) is 3.95. The van der Waals surface area contributed by atoms with Crippen LogP contribution >= 0.6 is 0 Å². The van der Waals surface area contributed by atoms with Gasteiger partial charge in [0.1, 0.15) is 11.6 Å². The summed E-state index contributed by atoms with van der Waals surface area (Å²) < 4.78 is 6.02. The summed E-state index contributed by atoms with van der Waals surface area (Å²) in [6, 6.07) is 0. The first-order valence-corrected chi connectivity index (χ1v) is 12.2. The van der Waals surface area contributed by atoms with E-state index in [9.17, 15) is 4.79 Å². The molecule has 0 bridgehead atoms. The van der Waals surface area contributed by atoms with Crippen molar-refractivity contribution in [3.8, 4) is 0 Å². The maximum Gasteiger partial charge on any atom is 0.229 e. The van der Waals surface area contributed by atoms with E-state index in [4.69, 9.17) is 4.74 Å². The Morgan fingerprint density at radius 2 is 2.03 bits per heavy atom. The van der Waals surface area contributed by atoms with Gasteiger partial charge in [-0.25, -0.2) is 0 Å². The third kappa shape index (κ3) is 3.76. The minimum atomic E-state index is -0.0675. The molecule has 1 atom stereocenters. The van der Waals surface area contributed by atoms with Crippen LogP contribution in [-0.4, -0.2) is 67.1 Å². The molecule has 4 heterocycles. The molecule has 2 aliphatic carbocycles. The quantitative estimate of drug-likeness (QED) is 0.741. The van der Waals surface area contributed by atoms with Crippen LogP contribution in [0.25, 0.3) is 11.6 Å². The first kappa shape index (κ1) is 20.6. The van der Waals surface area contributed by atoms with E-state index in [0.717, 1.165) is 76.6 Å². The Labute approximate surface area is 195 Å². The summed E-state index contributed by atoms with van der Waals surface area (Å²) in [5, 5.41) is 3.57. The number of piperazine rings is 1. The maximum absolute atomic E-state index is 13.2. The van der Waals surface area contributed by atoms with Gasteiger partial charge in [0.05, 0.1) is 12.5 Å². The number of likely N-dealkylation sites (N-methyl/N-ethyl adjacent to an activating group) is 1. The first-order valence-electron chi connectivity index (χ1n) is 12.2. The molecule has 3 aliphatic heterocycles. The minimum absolute atomic E-state index is 0.0675. The molecule has 6 heteroatoms. The number of H-pyrrole nitrogens is 1. The fraction of sp³-hybridized carbons (Fsp3) is 0.444. The highest BCUT2D eigenvalue weighted by molar-refractivity contribution is 5.90. The van der Waals surface area contributed by atoms with Crippen LogP contribution in [0.1, 0.15) is 36.8 Å². The molecule has 1 fully saturated rings. The van der Waals surface area contributed by atoms with E-state index in [0.29, 0.717) is 0 Å². The molecule has 1 aromatic heterocycles. The molecule has 6 nitrogen and oxygen atoms in total. The summed E-state index contributed by atoms with van der Waals surface area (Å²) in [7, 11) is 2.12. The Morgan fingerprint density at radius 3 is 2.91 bits per heavy atom. The van der Waals surface area contributed by atoms with Crippen molar-refractivity contribution in [2.24, 2.45) is 5.92 Å². The van der Waals surface area contributed by atoms with Crippen LogP contribution in [-0.2, 0) is 9.53 Å².